The van der Waals surface area contributed by atoms with E-state index in [1.54, 1.807) is 6.20 Å². The highest BCUT2D eigenvalue weighted by Gasteiger charge is 2.06. The van der Waals surface area contributed by atoms with Gasteiger partial charge in [-0.25, -0.2) is 4.98 Å². The molecule has 0 saturated heterocycles. The Hall–Kier alpha value is -1.25. The standard InChI is InChI=1S/C6H6N3/c1-2-5-6(7-3-1)9-4-8-5/h2-3,8H,4H2,(H,7,9). The molecule has 9 heavy (non-hydrogen) atoms. The summed E-state index contributed by atoms with van der Waals surface area (Å²) in [5.41, 5.74) is 1.04. The van der Waals surface area contributed by atoms with Gasteiger partial charge in [-0.1, -0.05) is 0 Å². The third-order valence-electron chi connectivity index (χ3n) is 1.29. The van der Waals surface area contributed by atoms with Gasteiger partial charge in [0.1, 0.15) is 0 Å². The van der Waals surface area contributed by atoms with Gasteiger partial charge in [0, 0.05) is 12.3 Å². The number of aromatic nitrogens is 1. The molecule has 0 aromatic carbocycles. The first-order chi connectivity index (χ1) is 4.47. The normalized spacial score (nSPS) is 13.8. The van der Waals surface area contributed by atoms with E-state index < -0.39 is 0 Å². The maximum atomic E-state index is 4.03. The zero-order chi connectivity index (χ0) is 6.10. The fourth-order valence-corrected chi connectivity index (χ4v) is 0.859. The van der Waals surface area contributed by atoms with E-state index in [1.165, 1.54) is 0 Å². The monoisotopic (exact) mass is 120 g/mol. The second kappa shape index (κ2) is 1.62. The topological polar surface area (TPSA) is 37.0 Å². The molecule has 0 atom stereocenters. The van der Waals surface area contributed by atoms with Crippen molar-refractivity contribution in [1.29, 1.82) is 0 Å². The molecule has 0 aliphatic carbocycles. The number of hydrogen-bond acceptors (Lipinski definition) is 3. The minimum atomic E-state index is 0.778. The van der Waals surface area contributed by atoms with E-state index in [0.717, 1.165) is 18.2 Å². The van der Waals surface area contributed by atoms with Crippen molar-refractivity contribution in [1.82, 2.24) is 4.98 Å². The van der Waals surface area contributed by atoms with Crippen molar-refractivity contribution in [3.05, 3.63) is 18.3 Å². The first kappa shape index (κ1) is 4.61. The molecule has 1 aliphatic heterocycles. The molecule has 3 nitrogen and oxygen atoms in total. The smallest absolute Gasteiger partial charge is 0.150 e. The Morgan fingerprint density at radius 2 is 2.56 bits per heavy atom. The fraction of sp³-hybridized carbons (Fsp3) is 0.167. The molecule has 1 radical (unpaired) electrons. The molecule has 2 N–H and O–H groups in total. The Balaban J connectivity index is 2.54. The summed E-state index contributed by atoms with van der Waals surface area (Å²) in [4.78, 5) is 4.03. The van der Waals surface area contributed by atoms with Gasteiger partial charge in [-0.2, -0.15) is 0 Å². The Kier molecular flexibility index (Phi) is 0.828. The molecule has 0 amide bonds. The quantitative estimate of drug-likeness (QED) is 0.528. The lowest BCUT2D eigenvalue weighted by molar-refractivity contribution is 1.27. The minimum absolute atomic E-state index is 0.778. The van der Waals surface area contributed by atoms with Crippen molar-refractivity contribution in [2.75, 3.05) is 17.3 Å². The Bertz CT molecular complexity index is 198. The fourth-order valence-electron chi connectivity index (χ4n) is 0.859. The lowest BCUT2D eigenvalue weighted by atomic mass is 10.4. The summed E-state index contributed by atoms with van der Waals surface area (Å²) < 4.78 is 0. The molecule has 45 valence electrons. The maximum absolute atomic E-state index is 4.03. The second-order valence-electron chi connectivity index (χ2n) is 1.86. The van der Waals surface area contributed by atoms with Crippen LogP contribution in [0.15, 0.2) is 12.3 Å². The summed E-state index contributed by atoms with van der Waals surface area (Å²) in [5.74, 6) is 0.925. The van der Waals surface area contributed by atoms with Gasteiger partial charge in [0.25, 0.3) is 0 Å². The SMILES string of the molecule is [c]1cnc2c(c1)NCN2. The molecule has 0 unspecified atom stereocenters. The molecule has 0 bridgehead atoms. The number of fused-ring (bicyclic) bond motifs is 1. The Morgan fingerprint density at radius 3 is 3.44 bits per heavy atom. The van der Waals surface area contributed by atoms with E-state index in [-0.39, 0.29) is 0 Å². The number of nitrogens with zero attached hydrogens (tertiary/aromatic N) is 1. The average Bonchev–Trinajstić information content (AvgIpc) is 2.33. The Labute approximate surface area is 53.1 Å². The molecule has 1 aliphatic rings. The molecule has 3 heteroatoms. The largest absolute Gasteiger partial charge is 0.365 e. The number of pyridine rings is 1. The van der Waals surface area contributed by atoms with Crippen molar-refractivity contribution in [2.24, 2.45) is 0 Å². The lowest BCUT2D eigenvalue weighted by Crippen LogP contribution is -1.99. The van der Waals surface area contributed by atoms with Crippen molar-refractivity contribution < 1.29 is 0 Å². The second-order valence-corrected chi connectivity index (χ2v) is 1.86. The van der Waals surface area contributed by atoms with Crippen LogP contribution in [0.25, 0.3) is 0 Å². The maximum Gasteiger partial charge on any atom is 0.150 e. The zero-order valence-electron chi connectivity index (χ0n) is 4.81. The van der Waals surface area contributed by atoms with Gasteiger partial charge in [-0.15, -0.1) is 0 Å². The predicted molar refractivity (Wildman–Crippen MR) is 35.2 cm³/mol. The molecule has 2 heterocycles. The van der Waals surface area contributed by atoms with Gasteiger partial charge in [0.15, 0.2) is 5.82 Å². The van der Waals surface area contributed by atoms with Crippen LogP contribution >= 0.6 is 0 Å². The van der Waals surface area contributed by atoms with Crippen LogP contribution in [0.4, 0.5) is 11.5 Å². The van der Waals surface area contributed by atoms with E-state index in [4.69, 9.17) is 0 Å². The summed E-state index contributed by atoms with van der Waals surface area (Å²) in [6.07, 6.45) is 1.65. The molecular weight excluding hydrogens is 114 g/mol. The third kappa shape index (κ3) is 0.614. The summed E-state index contributed by atoms with van der Waals surface area (Å²) in [6, 6.07) is 4.76. The van der Waals surface area contributed by atoms with Crippen molar-refractivity contribution in [3.63, 3.8) is 0 Å². The molecule has 0 saturated carbocycles. The summed E-state index contributed by atoms with van der Waals surface area (Å²) in [7, 11) is 0. The molecule has 1 aromatic heterocycles. The van der Waals surface area contributed by atoms with E-state index >= 15 is 0 Å². The van der Waals surface area contributed by atoms with Crippen LogP contribution in [-0.2, 0) is 0 Å². The highest BCUT2D eigenvalue weighted by molar-refractivity contribution is 5.68. The van der Waals surface area contributed by atoms with E-state index in [0.29, 0.717) is 0 Å². The van der Waals surface area contributed by atoms with Gasteiger partial charge >= 0.3 is 0 Å². The van der Waals surface area contributed by atoms with Gasteiger partial charge in [0.2, 0.25) is 0 Å². The van der Waals surface area contributed by atoms with Gasteiger partial charge < -0.3 is 10.6 Å². The minimum Gasteiger partial charge on any atom is -0.365 e. The van der Waals surface area contributed by atoms with Crippen LogP contribution in [-0.4, -0.2) is 11.7 Å². The first-order valence-corrected chi connectivity index (χ1v) is 2.80. The van der Waals surface area contributed by atoms with Crippen molar-refractivity contribution >= 4 is 11.5 Å². The lowest BCUT2D eigenvalue weighted by Gasteiger charge is -1.91. The van der Waals surface area contributed by atoms with E-state index in [1.807, 2.05) is 6.07 Å². The molecular formula is C6H6N3. The van der Waals surface area contributed by atoms with Gasteiger partial charge in [-0.05, 0) is 6.07 Å². The molecule has 0 spiro atoms. The number of anilines is 2. The summed E-state index contributed by atoms with van der Waals surface area (Å²) in [5, 5.41) is 6.15. The van der Waals surface area contributed by atoms with Gasteiger partial charge in [-0.3, -0.25) is 0 Å². The molecule has 1 aromatic rings. The van der Waals surface area contributed by atoms with E-state index in [9.17, 15) is 0 Å². The number of nitrogens with one attached hydrogen (secondary N) is 2. The van der Waals surface area contributed by atoms with Crippen LogP contribution in [0, 0.1) is 6.07 Å². The number of rotatable bonds is 0. The van der Waals surface area contributed by atoms with Crippen LogP contribution in [0.3, 0.4) is 0 Å². The van der Waals surface area contributed by atoms with Crippen LogP contribution in [0.5, 0.6) is 0 Å². The average molecular weight is 120 g/mol. The predicted octanol–water partition coefficient (Wildman–Crippen LogP) is 0.677. The van der Waals surface area contributed by atoms with Crippen LogP contribution < -0.4 is 10.6 Å². The zero-order valence-corrected chi connectivity index (χ0v) is 4.81. The third-order valence-corrected chi connectivity index (χ3v) is 1.29. The summed E-state index contributed by atoms with van der Waals surface area (Å²) >= 11 is 0. The van der Waals surface area contributed by atoms with Crippen molar-refractivity contribution in [3.8, 4) is 0 Å². The highest BCUT2D eigenvalue weighted by Crippen LogP contribution is 2.20. The van der Waals surface area contributed by atoms with E-state index in [2.05, 4.69) is 21.7 Å². The van der Waals surface area contributed by atoms with Crippen LogP contribution in [0.1, 0.15) is 0 Å². The van der Waals surface area contributed by atoms with Crippen LogP contribution in [0.2, 0.25) is 0 Å². The Morgan fingerprint density at radius 1 is 1.56 bits per heavy atom. The molecule has 0 fully saturated rings. The summed E-state index contributed by atoms with van der Waals surface area (Å²) in [6.45, 7) is 0.778. The van der Waals surface area contributed by atoms with Gasteiger partial charge in [0.05, 0.1) is 12.4 Å². The number of hydrogen-bond donors (Lipinski definition) is 2. The first-order valence-electron chi connectivity index (χ1n) is 2.80. The molecule has 2 rings (SSSR count). The highest BCUT2D eigenvalue weighted by atomic mass is 15.2. The van der Waals surface area contributed by atoms with Crippen molar-refractivity contribution in [2.45, 2.75) is 0 Å².